The number of hydrogen-bond donors (Lipinski definition) is 2. The van der Waals surface area contributed by atoms with Gasteiger partial charge in [-0.2, -0.15) is 9.40 Å². The number of piperidine rings is 1. The molecule has 0 spiro atoms. The van der Waals surface area contributed by atoms with Crippen molar-refractivity contribution in [1.82, 2.24) is 14.5 Å². The first-order chi connectivity index (χ1) is 12.5. The van der Waals surface area contributed by atoms with Crippen molar-refractivity contribution in [3.05, 3.63) is 47.5 Å². The molecular weight excluding hydrogens is 372 g/mol. The van der Waals surface area contributed by atoms with E-state index in [9.17, 15) is 8.42 Å². The van der Waals surface area contributed by atoms with Crippen LogP contribution in [0, 0.1) is 0 Å². The van der Waals surface area contributed by atoms with E-state index in [1.807, 2.05) is 18.2 Å². The third-order valence-electron chi connectivity index (χ3n) is 4.57. The lowest BCUT2D eigenvalue weighted by molar-refractivity contribution is 0.346. The summed E-state index contributed by atoms with van der Waals surface area (Å²) in [7, 11) is -3.47. The molecule has 1 aliphatic heterocycles. The smallest absolute Gasteiger partial charge is 0.243 e. The number of halogens is 1. The van der Waals surface area contributed by atoms with Gasteiger partial charge in [0.25, 0.3) is 0 Å². The summed E-state index contributed by atoms with van der Waals surface area (Å²) in [5.74, 6) is 0.607. The van der Waals surface area contributed by atoms with Crippen molar-refractivity contribution in [3.8, 4) is 0 Å². The summed E-state index contributed by atoms with van der Waals surface area (Å²) in [5.41, 5.74) is 1.52. The van der Waals surface area contributed by atoms with Gasteiger partial charge in [0.2, 0.25) is 10.0 Å². The number of sulfonamides is 1. The molecule has 26 heavy (non-hydrogen) atoms. The highest BCUT2D eigenvalue weighted by molar-refractivity contribution is 7.89. The SMILES string of the molecule is O=S(=O)(c1cccc(Nc2n[nH]c3ccc(Cl)cc23)c1)N1CCCCC1. The first-order valence-electron chi connectivity index (χ1n) is 8.55. The van der Waals surface area contributed by atoms with Crippen molar-refractivity contribution >= 4 is 44.0 Å². The third-order valence-corrected chi connectivity index (χ3v) is 6.70. The zero-order valence-electron chi connectivity index (χ0n) is 14.1. The van der Waals surface area contributed by atoms with Crippen molar-refractivity contribution in [1.29, 1.82) is 0 Å². The van der Waals surface area contributed by atoms with Crippen LogP contribution in [0.4, 0.5) is 11.5 Å². The highest BCUT2D eigenvalue weighted by Crippen LogP contribution is 2.28. The summed E-state index contributed by atoms with van der Waals surface area (Å²) in [4.78, 5) is 0.294. The van der Waals surface area contributed by atoms with Crippen molar-refractivity contribution in [3.63, 3.8) is 0 Å². The third kappa shape index (κ3) is 3.30. The van der Waals surface area contributed by atoms with Crippen LogP contribution in [0.25, 0.3) is 10.9 Å². The summed E-state index contributed by atoms with van der Waals surface area (Å²) >= 11 is 6.07. The minimum absolute atomic E-state index is 0.294. The number of rotatable bonds is 4. The molecule has 2 N–H and O–H groups in total. The van der Waals surface area contributed by atoms with Gasteiger partial charge in [-0.25, -0.2) is 8.42 Å². The molecule has 1 aromatic heterocycles. The summed E-state index contributed by atoms with van der Waals surface area (Å²) in [5, 5.41) is 11.8. The van der Waals surface area contributed by atoms with Gasteiger partial charge in [0.05, 0.1) is 10.4 Å². The van der Waals surface area contributed by atoms with Crippen LogP contribution < -0.4 is 5.32 Å². The lowest BCUT2D eigenvalue weighted by Gasteiger charge is -2.26. The Bertz CT molecular complexity index is 1040. The molecule has 0 unspecified atom stereocenters. The number of aromatic nitrogens is 2. The molecule has 0 aliphatic carbocycles. The first-order valence-corrected chi connectivity index (χ1v) is 10.4. The Labute approximate surface area is 157 Å². The van der Waals surface area contributed by atoms with Crippen LogP contribution in [0.5, 0.6) is 0 Å². The fraction of sp³-hybridized carbons (Fsp3) is 0.278. The van der Waals surface area contributed by atoms with E-state index < -0.39 is 10.0 Å². The van der Waals surface area contributed by atoms with E-state index in [0.29, 0.717) is 34.5 Å². The Morgan fingerprint density at radius 1 is 1.08 bits per heavy atom. The molecule has 1 aliphatic rings. The van der Waals surface area contributed by atoms with Gasteiger partial charge in [-0.3, -0.25) is 5.10 Å². The van der Waals surface area contributed by atoms with Gasteiger partial charge >= 0.3 is 0 Å². The zero-order valence-corrected chi connectivity index (χ0v) is 15.6. The number of aromatic amines is 1. The molecule has 136 valence electrons. The van der Waals surface area contributed by atoms with Gasteiger partial charge in [0.15, 0.2) is 5.82 Å². The van der Waals surface area contributed by atoms with Crippen molar-refractivity contribution < 1.29 is 8.42 Å². The van der Waals surface area contributed by atoms with E-state index in [-0.39, 0.29) is 0 Å². The quantitative estimate of drug-likeness (QED) is 0.701. The maximum Gasteiger partial charge on any atom is 0.243 e. The number of benzene rings is 2. The number of H-pyrrole nitrogens is 1. The molecule has 4 rings (SSSR count). The van der Waals surface area contributed by atoms with E-state index >= 15 is 0 Å². The second kappa shape index (κ2) is 6.90. The molecule has 8 heteroatoms. The van der Waals surface area contributed by atoms with E-state index in [0.717, 1.165) is 30.2 Å². The molecule has 1 saturated heterocycles. The zero-order chi connectivity index (χ0) is 18.1. The van der Waals surface area contributed by atoms with Crippen LogP contribution in [0.1, 0.15) is 19.3 Å². The minimum Gasteiger partial charge on any atom is -0.338 e. The van der Waals surface area contributed by atoms with Crippen LogP contribution in [-0.2, 0) is 10.0 Å². The fourth-order valence-corrected chi connectivity index (χ4v) is 4.94. The Hall–Kier alpha value is -2.09. The average molecular weight is 391 g/mol. The molecule has 0 atom stereocenters. The van der Waals surface area contributed by atoms with E-state index in [1.54, 1.807) is 28.6 Å². The maximum absolute atomic E-state index is 12.9. The first kappa shape index (κ1) is 17.3. The standard InChI is InChI=1S/C18H19ClN4O2S/c19-13-7-8-17-16(11-13)18(22-21-17)20-14-5-4-6-15(12-14)26(24,25)23-9-2-1-3-10-23/h4-8,11-12H,1-3,9-10H2,(H2,20,21,22). The minimum atomic E-state index is -3.47. The summed E-state index contributed by atoms with van der Waals surface area (Å²) in [6.45, 7) is 1.17. The molecule has 0 bridgehead atoms. The summed E-state index contributed by atoms with van der Waals surface area (Å²) in [6.07, 6.45) is 2.91. The average Bonchev–Trinajstić information content (AvgIpc) is 3.05. The van der Waals surface area contributed by atoms with Gasteiger partial charge in [-0.05, 0) is 49.2 Å². The molecule has 1 fully saturated rings. The van der Waals surface area contributed by atoms with Gasteiger partial charge in [-0.15, -0.1) is 0 Å². The molecule has 0 radical (unpaired) electrons. The summed E-state index contributed by atoms with van der Waals surface area (Å²) in [6, 6.07) is 12.3. The molecular formula is C18H19ClN4O2S. The molecule has 0 amide bonds. The van der Waals surface area contributed by atoms with Gasteiger partial charge in [-0.1, -0.05) is 24.1 Å². The second-order valence-corrected chi connectivity index (χ2v) is 8.75. The lowest BCUT2D eigenvalue weighted by atomic mass is 10.2. The van der Waals surface area contributed by atoms with E-state index in [2.05, 4.69) is 15.5 Å². The second-order valence-electron chi connectivity index (χ2n) is 6.38. The lowest BCUT2D eigenvalue weighted by Crippen LogP contribution is -2.35. The molecule has 2 heterocycles. The Morgan fingerprint density at radius 2 is 1.88 bits per heavy atom. The monoisotopic (exact) mass is 390 g/mol. The summed E-state index contributed by atoms with van der Waals surface area (Å²) < 4.78 is 27.3. The van der Waals surface area contributed by atoms with Crippen LogP contribution >= 0.6 is 11.6 Å². The molecule has 3 aromatic rings. The van der Waals surface area contributed by atoms with E-state index in [4.69, 9.17) is 11.6 Å². The van der Waals surface area contributed by atoms with Gasteiger partial charge < -0.3 is 5.32 Å². The predicted molar refractivity (Wildman–Crippen MR) is 103 cm³/mol. The Balaban J connectivity index is 1.64. The highest BCUT2D eigenvalue weighted by atomic mass is 35.5. The largest absolute Gasteiger partial charge is 0.338 e. The van der Waals surface area contributed by atoms with Crippen LogP contribution in [0.3, 0.4) is 0 Å². The van der Waals surface area contributed by atoms with Crippen molar-refractivity contribution in [2.24, 2.45) is 0 Å². The normalized spacial score (nSPS) is 16.0. The number of fused-ring (bicyclic) bond motifs is 1. The Kier molecular flexibility index (Phi) is 4.60. The van der Waals surface area contributed by atoms with Crippen LogP contribution in [0.15, 0.2) is 47.4 Å². The molecule has 0 saturated carbocycles. The van der Waals surface area contributed by atoms with Crippen molar-refractivity contribution in [2.75, 3.05) is 18.4 Å². The fourth-order valence-electron chi connectivity index (χ4n) is 3.21. The predicted octanol–water partition coefficient (Wildman–Crippen LogP) is 4.13. The maximum atomic E-state index is 12.9. The number of anilines is 2. The molecule has 6 nitrogen and oxygen atoms in total. The van der Waals surface area contributed by atoms with Gasteiger partial charge in [0, 0.05) is 29.2 Å². The van der Waals surface area contributed by atoms with Gasteiger partial charge in [0.1, 0.15) is 0 Å². The number of hydrogen-bond acceptors (Lipinski definition) is 4. The number of nitrogens with one attached hydrogen (secondary N) is 2. The van der Waals surface area contributed by atoms with Crippen molar-refractivity contribution in [2.45, 2.75) is 24.2 Å². The Morgan fingerprint density at radius 3 is 2.69 bits per heavy atom. The molecule has 2 aromatic carbocycles. The van der Waals surface area contributed by atoms with E-state index in [1.165, 1.54) is 0 Å². The topological polar surface area (TPSA) is 78.1 Å². The van der Waals surface area contributed by atoms with Crippen LogP contribution in [0.2, 0.25) is 5.02 Å². The van der Waals surface area contributed by atoms with Crippen LogP contribution in [-0.4, -0.2) is 36.0 Å². The number of nitrogens with zero attached hydrogens (tertiary/aromatic N) is 2. The highest BCUT2D eigenvalue weighted by Gasteiger charge is 2.26.